The standard InChI is InChI=1S/C19H24ClN5O3/c1-24(2)11-16(26)21-7-8-25-15-5-4-12(20)10-13(15)18-17(19(25)27)14(22-23-18)6-9-28-3/h4-5,10H,6-9,11H2,1-3H3,(H,21,26)(H,22,23). The number of halogens is 1. The van der Waals surface area contributed by atoms with Crippen molar-refractivity contribution in [2.45, 2.75) is 13.0 Å². The Morgan fingerprint density at radius 1 is 1.39 bits per heavy atom. The molecule has 28 heavy (non-hydrogen) atoms. The van der Waals surface area contributed by atoms with Crippen molar-refractivity contribution in [1.29, 1.82) is 0 Å². The lowest BCUT2D eigenvalue weighted by Gasteiger charge is -2.14. The number of pyridine rings is 1. The highest BCUT2D eigenvalue weighted by molar-refractivity contribution is 6.31. The molecule has 3 aromatic rings. The van der Waals surface area contributed by atoms with Gasteiger partial charge >= 0.3 is 0 Å². The maximum atomic E-state index is 13.2. The van der Waals surface area contributed by atoms with Crippen LogP contribution in [-0.2, 0) is 22.5 Å². The minimum Gasteiger partial charge on any atom is -0.384 e. The summed E-state index contributed by atoms with van der Waals surface area (Å²) in [5, 5.41) is 12.1. The Labute approximate surface area is 167 Å². The zero-order valence-corrected chi connectivity index (χ0v) is 17.0. The monoisotopic (exact) mass is 405 g/mol. The number of hydrogen-bond donors (Lipinski definition) is 2. The fourth-order valence-corrected chi connectivity index (χ4v) is 3.41. The van der Waals surface area contributed by atoms with Gasteiger partial charge in [0.15, 0.2) is 0 Å². The van der Waals surface area contributed by atoms with Crippen molar-refractivity contribution in [2.75, 3.05) is 40.9 Å². The van der Waals surface area contributed by atoms with Crippen LogP contribution in [0.4, 0.5) is 0 Å². The van der Waals surface area contributed by atoms with Crippen molar-refractivity contribution in [3.8, 4) is 0 Å². The lowest BCUT2D eigenvalue weighted by Crippen LogP contribution is -2.36. The van der Waals surface area contributed by atoms with Gasteiger partial charge in [0, 0.05) is 37.0 Å². The fourth-order valence-electron chi connectivity index (χ4n) is 3.24. The topological polar surface area (TPSA) is 92.2 Å². The number of amides is 1. The molecule has 0 radical (unpaired) electrons. The van der Waals surface area contributed by atoms with E-state index in [4.69, 9.17) is 16.3 Å². The maximum Gasteiger partial charge on any atom is 0.262 e. The van der Waals surface area contributed by atoms with Gasteiger partial charge in [-0.15, -0.1) is 0 Å². The Balaban J connectivity index is 2.02. The van der Waals surface area contributed by atoms with Crippen LogP contribution in [0, 0.1) is 0 Å². The van der Waals surface area contributed by atoms with Gasteiger partial charge in [0.05, 0.1) is 29.7 Å². The number of H-pyrrole nitrogens is 1. The number of aromatic amines is 1. The maximum absolute atomic E-state index is 13.2. The summed E-state index contributed by atoms with van der Waals surface area (Å²) in [5.74, 6) is -0.0874. The molecule has 2 aromatic heterocycles. The van der Waals surface area contributed by atoms with Gasteiger partial charge < -0.3 is 19.5 Å². The summed E-state index contributed by atoms with van der Waals surface area (Å²) in [7, 11) is 5.27. The van der Waals surface area contributed by atoms with Crippen LogP contribution in [0.15, 0.2) is 23.0 Å². The van der Waals surface area contributed by atoms with Gasteiger partial charge in [-0.05, 0) is 32.3 Å². The zero-order valence-electron chi connectivity index (χ0n) is 16.2. The molecule has 0 bridgehead atoms. The van der Waals surface area contributed by atoms with Gasteiger partial charge in [0.2, 0.25) is 5.91 Å². The summed E-state index contributed by atoms with van der Waals surface area (Å²) in [5.41, 5.74) is 1.91. The van der Waals surface area contributed by atoms with E-state index in [0.29, 0.717) is 48.6 Å². The third-order valence-corrected chi connectivity index (χ3v) is 4.71. The quantitative estimate of drug-likeness (QED) is 0.591. The van der Waals surface area contributed by atoms with Crippen LogP contribution in [0.5, 0.6) is 0 Å². The molecule has 2 heterocycles. The van der Waals surface area contributed by atoms with E-state index in [0.717, 1.165) is 16.6 Å². The van der Waals surface area contributed by atoms with Crippen molar-refractivity contribution in [3.63, 3.8) is 0 Å². The number of nitrogens with one attached hydrogen (secondary N) is 2. The first-order chi connectivity index (χ1) is 13.4. The van der Waals surface area contributed by atoms with E-state index in [1.54, 1.807) is 28.7 Å². The first-order valence-electron chi connectivity index (χ1n) is 9.01. The highest BCUT2D eigenvalue weighted by Crippen LogP contribution is 2.26. The number of carbonyl (C=O) groups excluding carboxylic acids is 1. The molecule has 8 nitrogen and oxygen atoms in total. The number of ether oxygens (including phenoxy) is 1. The number of likely N-dealkylation sites (N-methyl/N-ethyl adjacent to an activating group) is 1. The molecule has 2 N–H and O–H groups in total. The number of nitrogens with zero attached hydrogens (tertiary/aromatic N) is 3. The number of methoxy groups -OCH3 is 1. The Kier molecular flexibility index (Phi) is 6.33. The summed E-state index contributed by atoms with van der Waals surface area (Å²) in [6.45, 7) is 1.47. The second kappa shape index (κ2) is 8.72. The highest BCUT2D eigenvalue weighted by Gasteiger charge is 2.17. The molecule has 0 unspecified atom stereocenters. The minimum absolute atomic E-state index is 0.0874. The molecule has 1 aromatic carbocycles. The van der Waals surface area contributed by atoms with Crippen LogP contribution in [0.25, 0.3) is 21.8 Å². The largest absolute Gasteiger partial charge is 0.384 e. The van der Waals surface area contributed by atoms with Gasteiger partial charge in [-0.2, -0.15) is 5.10 Å². The van der Waals surface area contributed by atoms with E-state index >= 15 is 0 Å². The van der Waals surface area contributed by atoms with Crippen LogP contribution in [-0.4, -0.2) is 66.5 Å². The number of carbonyl (C=O) groups is 1. The highest BCUT2D eigenvalue weighted by atomic mass is 35.5. The van der Waals surface area contributed by atoms with E-state index in [2.05, 4.69) is 15.5 Å². The number of aromatic nitrogens is 3. The fraction of sp³-hybridized carbons (Fsp3) is 0.421. The predicted molar refractivity (Wildman–Crippen MR) is 110 cm³/mol. The molecule has 0 fully saturated rings. The van der Waals surface area contributed by atoms with Crippen molar-refractivity contribution in [3.05, 3.63) is 39.3 Å². The molecule has 9 heteroatoms. The van der Waals surface area contributed by atoms with Crippen molar-refractivity contribution in [2.24, 2.45) is 0 Å². The van der Waals surface area contributed by atoms with E-state index < -0.39 is 0 Å². The molecular weight excluding hydrogens is 382 g/mol. The summed E-state index contributed by atoms with van der Waals surface area (Å²) < 4.78 is 6.80. The third-order valence-electron chi connectivity index (χ3n) is 4.48. The van der Waals surface area contributed by atoms with E-state index in [9.17, 15) is 9.59 Å². The van der Waals surface area contributed by atoms with E-state index in [-0.39, 0.29) is 11.5 Å². The minimum atomic E-state index is -0.147. The Hall–Kier alpha value is -2.42. The Bertz CT molecular complexity index is 1060. The summed E-state index contributed by atoms with van der Waals surface area (Å²) in [6.07, 6.45) is 0.549. The lowest BCUT2D eigenvalue weighted by atomic mass is 10.1. The molecule has 3 rings (SSSR count). The van der Waals surface area contributed by atoms with Crippen molar-refractivity contribution < 1.29 is 9.53 Å². The Morgan fingerprint density at radius 2 is 2.18 bits per heavy atom. The Morgan fingerprint density at radius 3 is 2.89 bits per heavy atom. The number of fused-ring (bicyclic) bond motifs is 3. The van der Waals surface area contributed by atoms with Crippen LogP contribution in [0.1, 0.15) is 5.69 Å². The molecule has 0 aliphatic carbocycles. The van der Waals surface area contributed by atoms with Gasteiger partial charge in [-0.25, -0.2) is 0 Å². The SMILES string of the molecule is COCCc1[nH]nc2c1c(=O)n(CCNC(=O)CN(C)C)c1ccc(Cl)cc21. The molecule has 0 atom stereocenters. The van der Waals surface area contributed by atoms with Gasteiger partial charge in [0.1, 0.15) is 5.52 Å². The molecule has 0 spiro atoms. The average molecular weight is 406 g/mol. The second-order valence-corrected chi connectivity index (χ2v) is 7.31. The molecule has 0 aliphatic rings. The smallest absolute Gasteiger partial charge is 0.262 e. The molecule has 1 amide bonds. The van der Waals surface area contributed by atoms with Crippen LogP contribution >= 0.6 is 11.6 Å². The first kappa shape index (κ1) is 20.3. The molecule has 0 aliphatic heterocycles. The average Bonchev–Trinajstić information content (AvgIpc) is 3.06. The van der Waals surface area contributed by atoms with Gasteiger partial charge in [0.25, 0.3) is 5.56 Å². The van der Waals surface area contributed by atoms with Crippen LogP contribution < -0.4 is 10.9 Å². The summed E-state index contributed by atoms with van der Waals surface area (Å²) in [4.78, 5) is 26.9. The van der Waals surface area contributed by atoms with Crippen molar-refractivity contribution >= 4 is 39.3 Å². The zero-order chi connectivity index (χ0) is 20.3. The molecule has 0 saturated heterocycles. The second-order valence-electron chi connectivity index (χ2n) is 6.87. The van der Waals surface area contributed by atoms with Crippen molar-refractivity contribution in [1.82, 2.24) is 25.0 Å². The third kappa shape index (κ3) is 4.19. The van der Waals surface area contributed by atoms with Crippen LogP contribution in [0.2, 0.25) is 5.02 Å². The lowest BCUT2D eigenvalue weighted by molar-refractivity contribution is -0.121. The molecule has 150 valence electrons. The van der Waals surface area contributed by atoms with Gasteiger partial charge in [-0.1, -0.05) is 11.6 Å². The van der Waals surface area contributed by atoms with Gasteiger partial charge in [-0.3, -0.25) is 14.7 Å². The number of hydrogen-bond acceptors (Lipinski definition) is 5. The number of benzene rings is 1. The van der Waals surface area contributed by atoms with E-state index in [1.165, 1.54) is 0 Å². The van der Waals surface area contributed by atoms with Crippen LogP contribution in [0.3, 0.4) is 0 Å². The molecule has 0 saturated carbocycles. The summed E-state index contributed by atoms with van der Waals surface area (Å²) in [6, 6.07) is 5.36. The normalized spacial score (nSPS) is 11.6. The number of rotatable bonds is 8. The predicted octanol–water partition coefficient (Wildman–Crippen LogP) is 1.40. The first-order valence-corrected chi connectivity index (χ1v) is 9.39. The molecular formula is C19H24ClN5O3. The van der Waals surface area contributed by atoms with E-state index in [1.807, 2.05) is 20.2 Å². The summed E-state index contributed by atoms with van der Waals surface area (Å²) >= 11 is 6.19.